The van der Waals surface area contributed by atoms with E-state index in [0.29, 0.717) is 5.70 Å². The van der Waals surface area contributed by atoms with Gasteiger partial charge in [-0.1, -0.05) is 6.07 Å². The molecule has 5 aliphatic rings. The Bertz CT molecular complexity index is 651. The lowest BCUT2D eigenvalue weighted by Gasteiger charge is -2.55. The zero-order chi connectivity index (χ0) is 14.7. The van der Waals surface area contributed by atoms with Gasteiger partial charge in [0.15, 0.2) is 5.70 Å². The molecule has 4 saturated carbocycles. The van der Waals surface area contributed by atoms with Crippen LogP contribution in [0.2, 0.25) is 0 Å². The normalized spacial score (nSPS) is 41.1. The highest BCUT2D eigenvalue weighted by atomic mass is 32.1. The number of rotatable bonds is 2. The summed E-state index contributed by atoms with van der Waals surface area (Å²) in [5.41, 5.74) is 0.545. The molecule has 4 heteroatoms. The number of esters is 1. The van der Waals surface area contributed by atoms with Crippen molar-refractivity contribution in [2.75, 3.05) is 0 Å². The topological polar surface area (TPSA) is 38.7 Å². The molecule has 0 amide bonds. The first-order valence-corrected chi connectivity index (χ1v) is 9.15. The van der Waals surface area contributed by atoms with Gasteiger partial charge in [0, 0.05) is 10.3 Å². The number of hydrogen-bond acceptors (Lipinski definition) is 4. The number of nitrogens with zero attached hydrogens (tertiary/aromatic N) is 1. The molecule has 6 rings (SSSR count). The third-order valence-electron chi connectivity index (χ3n) is 5.93. The van der Waals surface area contributed by atoms with Gasteiger partial charge in [-0.3, -0.25) is 0 Å². The van der Waals surface area contributed by atoms with E-state index in [1.54, 1.807) is 11.3 Å². The lowest BCUT2D eigenvalue weighted by atomic mass is 9.49. The summed E-state index contributed by atoms with van der Waals surface area (Å²) in [6.07, 6.45) is 9.56. The number of carbonyl (C=O) groups excluding carboxylic acids is 1. The Labute approximate surface area is 134 Å². The molecule has 0 saturated heterocycles. The maximum absolute atomic E-state index is 12.2. The van der Waals surface area contributed by atoms with Crippen molar-refractivity contribution in [2.24, 2.45) is 28.2 Å². The van der Waals surface area contributed by atoms with Gasteiger partial charge in [0.2, 0.25) is 5.90 Å². The van der Waals surface area contributed by atoms with Gasteiger partial charge in [0.25, 0.3) is 0 Å². The average molecular weight is 313 g/mol. The molecule has 0 radical (unpaired) electrons. The first-order valence-electron chi connectivity index (χ1n) is 8.27. The summed E-state index contributed by atoms with van der Waals surface area (Å²) in [6.45, 7) is 0. The van der Waals surface area contributed by atoms with Crippen molar-refractivity contribution in [3.05, 3.63) is 28.1 Å². The molecule has 0 aromatic carbocycles. The first kappa shape index (κ1) is 13.1. The van der Waals surface area contributed by atoms with E-state index in [1.165, 1.54) is 38.5 Å². The van der Waals surface area contributed by atoms with Crippen LogP contribution < -0.4 is 0 Å². The Balaban J connectivity index is 1.50. The van der Waals surface area contributed by atoms with Crippen LogP contribution >= 0.6 is 11.3 Å². The van der Waals surface area contributed by atoms with Crippen molar-refractivity contribution in [3.8, 4) is 0 Å². The molecule has 2 heterocycles. The van der Waals surface area contributed by atoms with Gasteiger partial charge in [0.1, 0.15) is 0 Å². The van der Waals surface area contributed by atoms with Gasteiger partial charge in [-0.2, -0.15) is 0 Å². The molecule has 4 fully saturated rings. The fourth-order valence-corrected chi connectivity index (χ4v) is 6.17. The number of thiophene rings is 1. The molecule has 0 unspecified atom stereocenters. The van der Waals surface area contributed by atoms with Crippen LogP contribution in [0, 0.1) is 23.2 Å². The maximum Gasteiger partial charge on any atom is 0.363 e. The summed E-state index contributed by atoms with van der Waals surface area (Å²) in [5.74, 6) is 2.97. The number of aliphatic imine (C=N–C) groups is 1. The predicted octanol–water partition coefficient (Wildman–Crippen LogP) is 4.26. The van der Waals surface area contributed by atoms with Crippen LogP contribution in [0.3, 0.4) is 0 Å². The molecule has 4 bridgehead atoms. The minimum atomic E-state index is -0.265. The second-order valence-electron chi connectivity index (χ2n) is 7.55. The second kappa shape index (κ2) is 4.54. The lowest BCUT2D eigenvalue weighted by Crippen LogP contribution is -2.50. The second-order valence-corrected chi connectivity index (χ2v) is 8.53. The van der Waals surface area contributed by atoms with Crippen molar-refractivity contribution in [3.63, 3.8) is 0 Å². The van der Waals surface area contributed by atoms with E-state index in [9.17, 15) is 4.79 Å². The van der Waals surface area contributed by atoms with E-state index in [1.807, 2.05) is 23.6 Å². The monoisotopic (exact) mass is 313 g/mol. The van der Waals surface area contributed by atoms with Crippen LogP contribution in [0.4, 0.5) is 0 Å². The molecule has 3 nitrogen and oxygen atoms in total. The Hall–Kier alpha value is -1.42. The minimum Gasteiger partial charge on any atom is -0.406 e. The Morgan fingerprint density at radius 2 is 1.86 bits per heavy atom. The highest BCUT2D eigenvalue weighted by Gasteiger charge is 2.55. The molecule has 1 aromatic heterocycles. The van der Waals surface area contributed by atoms with Crippen LogP contribution in [0.25, 0.3) is 6.08 Å². The van der Waals surface area contributed by atoms with E-state index >= 15 is 0 Å². The van der Waals surface area contributed by atoms with Crippen LogP contribution in [0.5, 0.6) is 0 Å². The summed E-state index contributed by atoms with van der Waals surface area (Å²) in [5, 5.41) is 2.01. The summed E-state index contributed by atoms with van der Waals surface area (Å²) >= 11 is 1.62. The number of ether oxygens (including phenoxy) is 1. The average Bonchev–Trinajstić information content (AvgIpc) is 3.09. The highest BCUT2D eigenvalue weighted by molar-refractivity contribution is 7.10. The number of cyclic esters (lactones) is 1. The third kappa shape index (κ3) is 1.93. The Morgan fingerprint density at radius 1 is 1.18 bits per heavy atom. The maximum atomic E-state index is 12.2. The molecule has 0 N–H and O–H groups in total. The van der Waals surface area contributed by atoms with Crippen LogP contribution in [0.1, 0.15) is 43.4 Å². The van der Waals surface area contributed by atoms with Crippen molar-refractivity contribution in [1.82, 2.24) is 0 Å². The number of carbonyl (C=O) groups is 1. The largest absolute Gasteiger partial charge is 0.406 e. The van der Waals surface area contributed by atoms with Gasteiger partial charge < -0.3 is 4.74 Å². The zero-order valence-electron chi connectivity index (χ0n) is 12.5. The van der Waals surface area contributed by atoms with Crippen LogP contribution in [0.15, 0.2) is 28.2 Å². The summed E-state index contributed by atoms with van der Waals surface area (Å²) in [4.78, 5) is 17.9. The van der Waals surface area contributed by atoms with Crippen molar-refractivity contribution >= 4 is 29.3 Å². The van der Waals surface area contributed by atoms with E-state index in [0.717, 1.165) is 28.5 Å². The molecule has 1 aromatic rings. The van der Waals surface area contributed by atoms with Gasteiger partial charge in [-0.05, 0) is 73.8 Å². The molecule has 4 aliphatic carbocycles. The Morgan fingerprint density at radius 3 is 2.45 bits per heavy atom. The van der Waals surface area contributed by atoms with Gasteiger partial charge >= 0.3 is 5.97 Å². The lowest BCUT2D eigenvalue weighted by molar-refractivity contribution is -0.131. The van der Waals surface area contributed by atoms with Crippen LogP contribution in [-0.2, 0) is 9.53 Å². The summed E-state index contributed by atoms with van der Waals surface area (Å²) < 4.78 is 5.65. The van der Waals surface area contributed by atoms with E-state index in [-0.39, 0.29) is 11.4 Å². The predicted molar refractivity (Wildman–Crippen MR) is 86.4 cm³/mol. The van der Waals surface area contributed by atoms with Gasteiger partial charge in [-0.15, -0.1) is 11.3 Å². The van der Waals surface area contributed by atoms with Gasteiger partial charge in [0.05, 0.1) is 0 Å². The molecule has 22 heavy (non-hydrogen) atoms. The van der Waals surface area contributed by atoms with Crippen LogP contribution in [-0.4, -0.2) is 11.9 Å². The molecule has 0 atom stereocenters. The van der Waals surface area contributed by atoms with Crippen molar-refractivity contribution < 1.29 is 9.53 Å². The molecular weight excluding hydrogens is 294 g/mol. The van der Waals surface area contributed by atoms with E-state index in [4.69, 9.17) is 4.74 Å². The SMILES string of the molecule is O=C1OC(C23CC4CC(CC(C4)C2)C3)=N/C1=C\c1cccs1. The molecular formula is C18H19NO2S. The quantitative estimate of drug-likeness (QED) is 0.604. The summed E-state index contributed by atoms with van der Waals surface area (Å²) in [6, 6.07) is 3.99. The van der Waals surface area contributed by atoms with E-state index < -0.39 is 0 Å². The summed E-state index contributed by atoms with van der Waals surface area (Å²) in [7, 11) is 0. The Kier molecular flexibility index (Phi) is 2.70. The van der Waals surface area contributed by atoms with Gasteiger partial charge in [-0.25, -0.2) is 9.79 Å². The fourth-order valence-electron chi connectivity index (χ4n) is 5.52. The third-order valence-corrected chi connectivity index (χ3v) is 6.75. The zero-order valence-corrected chi connectivity index (χ0v) is 13.3. The highest BCUT2D eigenvalue weighted by Crippen LogP contribution is 2.61. The first-order chi connectivity index (χ1) is 10.7. The van der Waals surface area contributed by atoms with Crippen molar-refractivity contribution in [1.29, 1.82) is 0 Å². The molecule has 114 valence electrons. The number of hydrogen-bond donors (Lipinski definition) is 0. The van der Waals surface area contributed by atoms with Crippen molar-refractivity contribution in [2.45, 2.75) is 38.5 Å². The fraction of sp³-hybridized carbons (Fsp3) is 0.556. The van der Waals surface area contributed by atoms with E-state index in [2.05, 4.69) is 4.99 Å². The smallest absolute Gasteiger partial charge is 0.363 e. The standard InChI is InChI=1S/C18H19NO2S/c20-16-15(7-14-2-1-3-22-14)19-17(21-16)18-8-11-4-12(9-18)6-13(5-11)10-18/h1-3,7,11-13H,4-6,8-10H2/b15-7-. The molecule has 1 aliphatic heterocycles. The minimum absolute atomic E-state index is 0.0649. The molecule has 0 spiro atoms.